The van der Waals surface area contributed by atoms with Gasteiger partial charge in [0.15, 0.2) is 11.3 Å². The first-order valence-electron chi connectivity index (χ1n) is 12.5. The molecular formula is C29H25ClFN3O5. The Labute approximate surface area is 229 Å². The number of nitriles is 1. The van der Waals surface area contributed by atoms with Crippen LogP contribution in [0.1, 0.15) is 53.5 Å². The minimum absolute atomic E-state index is 0.00487. The van der Waals surface area contributed by atoms with Crippen molar-refractivity contribution in [2.75, 3.05) is 0 Å². The number of aromatic nitrogens is 1. The molecule has 0 bridgehead atoms. The SMILES string of the molecule is CC(O)C(=O)[C@@]1(Cc2cccc(C#N)n2)c2ccc(-c3ccc(Cl)cc3)c(F)c2C(=O)N1OC1CCCC1O. The molecule has 1 aliphatic carbocycles. The van der Waals surface area contributed by atoms with Crippen molar-refractivity contribution in [1.29, 1.82) is 5.26 Å². The molecule has 3 aromatic rings. The van der Waals surface area contributed by atoms with E-state index in [1.54, 1.807) is 36.4 Å². The third-order valence-corrected chi connectivity index (χ3v) is 7.54. The summed E-state index contributed by atoms with van der Waals surface area (Å²) in [6.45, 7) is 1.26. The molecule has 2 aliphatic rings. The zero-order chi connectivity index (χ0) is 27.9. The van der Waals surface area contributed by atoms with Crippen LogP contribution in [0.15, 0.2) is 54.6 Å². The van der Waals surface area contributed by atoms with Crippen LogP contribution >= 0.6 is 11.6 Å². The van der Waals surface area contributed by atoms with Crippen molar-refractivity contribution in [2.24, 2.45) is 0 Å². The van der Waals surface area contributed by atoms with Crippen molar-refractivity contribution in [1.82, 2.24) is 10.0 Å². The van der Waals surface area contributed by atoms with Crippen LogP contribution in [0.25, 0.3) is 11.1 Å². The number of hydroxylamine groups is 2. The lowest BCUT2D eigenvalue weighted by atomic mass is 9.79. The average Bonchev–Trinajstić information content (AvgIpc) is 3.44. The number of aliphatic hydroxyl groups excluding tert-OH is 2. The van der Waals surface area contributed by atoms with Gasteiger partial charge in [-0.15, -0.1) is 0 Å². The van der Waals surface area contributed by atoms with Gasteiger partial charge >= 0.3 is 0 Å². The number of carbonyl (C=O) groups is 2. The van der Waals surface area contributed by atoms with E-state index in [9.17, 15) is 25.1 Å². The molecule has 8 nitrogen and oxygen atoms in total. The van der Waals surface area contributed by atoms with Gasteiger partial charge in [-0.3, -0.25) is 14.4 Å². The molecule has 4 atom stereocenters. The molecule has 1 fully saturated rings. The van der Waals surface area contributed by atoms with E-state index in [1.807, 2.05) is 6.07 Å². The minimum Gasteiger partial charge on any atom is -0.390 e. The average molecular weight is 550 g/mol. The Bertz CT molecular complexity index is 1490. The van der Waals surface area contributed by atoms with E-state index < -0.39 is 41.4 Å². The van der Waals surface area contributed by atoms with Crippen molar-refractivity contribution in [3.8, 4) is 17.2 Å². The quantitative estimate of drug-likeness (QED) is 0.454. The van der Waals surface area contributed by atoms with E-state index in [0.29, 0.717) is 29.8 Å². The van der Waals surface area contributed by atoms with E-state index in [0.717, 1.165) is 5.06 Å². The lowest BCUT2D eigenvalue weighted by Gasteiger charge is -2.39. The maximum absolute atomic E-state index is 16.2. The molecule has 10 heteroatoms. The topological polar surface area (TPSA) is 124 Å². The molecule has 1 aliphatic heterocycles. The number of rotatable bonds is 7. The second-order valence-electron chi connectivity index (χ2n) is 9.80. The Morgan fingerprint density at radius 3 is 2.64 bits per heavy atom. The minimum atomic E-state index is -2.01. The lowest BCUT2D eigenvalue weighted by molar-refractivity contribution is -0.229. The van der Waals surface area contributed by atoms with Gasteiger partial charge in [-0.1, -0.05) is 41.9 Å². The first kappa shape index (κ1) is 26.9. The standard InChI is InChI=1S/C29H25ClFN3O5/c1-16(35)27(37)29(14-19-4-2-5-20(15-32)33-19)22-13-12-21(17-8-10-18(30)11-9-17)26(31)25(22)28(38)34(29)39-24-7-3-6-23(24)36/h2,4-5,8-13,16,23-24,35-36H,3,6-7,14H2,1H3/t16?,23?,24?,29-/m1/s1. The summed E-state index contributed by atoms with van der Waals surface area (Å²) < 4.78 is 16.2. The van der Waals surface area contributed by atoms with Gasteiger partial charge in [0.05, 0.1) is 11.7 Å². The fourth-order valence-corrected chi connectivity index (χ4v) is 5.53. The Balaban J connectivity index is 1.73. The normalized spacial score (nSPS) is 23.0. The molecule has 1 amide bonds. The van der Waals surface area contributed by atoms with Crippen molar-refractivity contribution < 1.29 is 29.0 Å². The number of pyridine rings is 1. The Kier molecular flexibility index (Phi) is 7.23. The van der Waals surface area contributed by atoms with Gasteiger partial charge in [0.1, 0.15) is 29.8 Å². The highest BCUT2D eigenvalue weighted by Gasteiger charge is 2.59. The zero-order valence-electron chi connectivity index (χ0n) is 21.0. The highest BCUT2D eigenvalue weighted by atomic mass is 35.5. The molecule has 0 saturated heterocycles. The van der Waals surface area contributed by atoms with Gasteiger partial charge in [-0.2, -0.15) is 10.3 Å². The largest absolute Gasteiger partial charge is 0.390 e. The van der Waals surface area contributed by atoms with Gasteiger partial charge in [0.2, 0.25) is 0 Å². The van der Waals surface area contributed by atoms with Crippen LogP contribution < -0.4 is 0 Å². The van der Waals surface area contributed by atoms with E-state index in [4.69, 9.17) is 16.4 Å². The zero-order valence-corrected chi connectivity index (χ0v) is 21.7. The third kappa shape index (κ3) is 4.60. The fraction of sp³-hybridized carbons (Fsp3) is 0.310. The number of ketones is 1. The molecule has 0 spiro atoms. The van der Waals surface area contributed by atoms with Crippen molar-refractivity contribution >= 4 is 23.3 Å². The van der Waals surface area contributed by atoms with Gasteiger partial charge in [-0.25, -0.2) is 9.37 Å². The molecule has 0 radical (unpaired) electrons. The van der Waals surface area contributed by atoms with Gasteiger partial charge in [-0.05, 0) is 56.0 Å². The van der Waals surface area contributed by atoms with Gasteiger partial charge in [0.25, 0.3) is 5.91 Å². The summed E-state index contributed by atoms with van der Waals surface area (Å²) in [7, 11) is 0. The number of amides is 1. The number of halogens is 2. The lowest BCUT2D eigenvalue weighted by Crippen LogP contribution is -2.56. The molecule has 5 rings (SSSR count). The predicted molar refractivity (Wildman–Crippen MR) is 139 cm³/mol. The van der Waals surface area contributed by atoms with Crippen LogP contribution in [-0.2, 0) is 21.6 Å². The fourth-order valence-electron chi connectivity index (χ4n) is 5.40. The molecule has 200 valence electrons. The molecule has 3 unspecified atom stereocenters. The van der Waals surface area contributed by atoms with Crippen molar-refractivity contribution in [3.63, 3.8) is 0 Å². The second kappa shape index (κ2) is 10.5. The van der Waals surface area contributed by atoms with E-state index in [2.05, 4.69) is 4.98 Å². The van der Waals surface area contributed by atoms with Gasteiger partial charge in [0, 0.05) is 28.3 Å². The van der Waals surface area contributed by atoms with Crippen LogP contribution in [0.5, 0.6) is 0 Å². The van der Waals surface area contributed by atoms with Crippen molar-refractivity contribution in [3.05, 3.63) is 88.0 Å². The summed E-state index contributed by atoms with van der Waals surface area (Å²) in [4.78, 5) is 38.2. The number of hydrogen-bond donors (Lipinski definition) is 2. The molecule has 1 aromatic heterocycles. The summed E-state index contributed by atoms with van der Waals surface area (Å²) in [6, 6.07) is 15.9. The number of hydrogen-bond acceptors (Lipinski definition) is 7. The predicted octanol–water partition coefficient (Wildman–Crippen LogP) is 4.10. The van der Waals surface area contributed by atoms with Crippen LogP contribution in [0.3, 0.4) is 0 Å². The summed E-state index contributed by atoms with van der Waals surface area (Å²) in [5.41, 5.74) is -1.46. The molecule has 2 heterocycles. The second-order valence-corrected chi connectivity index (χ2v) is 10.2. The molecule has 1 saturated carbocycles. The first-order chi connectivity index (χ1) is 18.7. The highest BCUT2D eigenvalue weighted by molar-refractivity contribution is 6.30. The molecule has 39 heavy (non-hydrogen) atoms. The van der Waals surface area contributed by atoms with E-state index >= 15 is 4.39 Å². The van der Waals surface area contributed by atoms with Crippen LogP contribution in [-0.4, -0.2) is 50.3 Å². The van der Waals surface area contributed by atoms with Crippen molar-refractivity contribution in [2.45, 2.75) is 56.5 Å². The monoisotopic (exact) mass is 549 g/mol. The number of fused-ring (bicyclic) bond motifs is 1. The summed E-state index contributed by atoms with van der Waals surface area (Å²) in [5, 5.41) is 31.6. The number of aliphatic hydroxyl groups is 2. The van der Waals surface area contributed by atoms with Crippen LogP contribution in [0, 0.1) is 17.1 Å². The summed E-state index contributed by atoms with van der Waals surface area (Å²) >= 11 is 5.99. The summed E-state index contributed by atoms with van der Waals surface area (Å²) in [5.74, 6) is -2.59. The maximum atomic E-state index is 16.2. The van der Waals surface area contributed by atoms with E-state index in [1.165, 1.54) is 25.1 Å². The number of benzene rings is 2. The first-order valence-corrected chi connectivity index (χ1v) is 12.9. The molecule has 2 aromatic carbocycles. The Morgan fingerprint density at radius 1 is 1.26 bits per heavy atom. The highest BCUT2D eigenvalue weighted by Crippen LogP contribution is 2.47. The van der Waals surface area contributed by atoms with E-state index in [-0.39, 0.29) is 34.5 Å². The molecule has 2 N–H and O–H groups in total. The molecular weight excluding hydrogens is 525 g/mol. The number of Topliss-reactive ketones (excluding diaryl/α,β-unsaturated/α-hetero) is 1. The summed E-state index contributed by atoms with van der Waals surface area (Å²) in [6.07, 6.45) is -2.08. The maximum Gasteiger partial charge on any atom is 0.282 e. The smallest absolute Gasteiger partial charge is 0.282 e. The van der Waals surface area contributed by atoms with Crippen LogP contribution in [0.2, 0.25) is 5.02 Å². The number of carbonyl (C=O) groups excluding carboxylic acids is 2. The Hall–Kier alpha value is -3.68. The third-order valence-electron chi connectivity index (χ3n) is 7.29. The van der Waals surface area contributed by atoms with Gasteiger partial charge < -0.3 is 10.2 Å². The Morgan fingerprint density at radius 2 is 2.00 bits per heavy atom. The number of nitrogens with zero attached hydrogens (tertiary/aromatic N) is 3. The van der Waals surface area contributed by atoms with Crippen LogP contribution in [0.4, 0.5) is 4.39 Å².